The van der Waals surface area contributed by atoms with Gasteiger partial charge in [-0.05, 0) is 12.8 Å². The highest BCUT2D eigenvalue weighted by Crippen LogP contribution is 2.38. The summed E-state index contributed by atoms with van der Waals surface area (Å²) in [6.45, 7) is 5.44. The summed E-state index contributed by atoms with van der Waals surface area (Å²) in [5.41, 5.74) is -0.358. The summed E-state index contributed by atoms with van der Waals surface area (Å²) in [6.07, 6.45) is -0.436. The number of aliphatic imine (C=N–C) groups is 1. The third kappa shape index (κ3) is 2.37. The van der Waals surface area contributed by atoms with E-state index < -0.39 is 30.5 Å². The molecule has 3 rings (SSSR count). The number of hydrogen-bond donors (Lipinski definition) is 3. The van der Waals surface area contributed by atoms with Crippen LogP contribution in [0.2, 0.25) is 0 Å². The normalized spacial score (nSPS) is 42.2. The van der Waals surface area contributed by atoms with Crippen LogP contribution in [0.15, 0.2) is 17.6 Å². The van der Waals surface area contributed by atoms with E-state index in [1.165, 1.54) is 17.8 Å². The zero-order valence-corrected chi connectivity index (χ0v) is 11.9. The van der Waals surface area contributed by atoms with E-state index in [1.807, 2.05) is 0 Å². The largest absolute Gasteiger partial charge is 0.388 e. The zero-order chi connectivity index (χ0) is 14.3. The summed E-state index contributed by atoms with van der Waals surface area (Å²) in [6, 6.07) is -0.473. The quantitative estimate of drug-likeness (QED) is 0.599. The lowest BCUT2D eigenvalue weighted by atomic mass is 9.95. The Balaban J connectivity index is 1.74. The molecular weight excluding hydrogens is 280 g/mol. The molecule has 0 aromatic heterocycles. The van der Waals surface area contributed by atoms with Gasteiger partial charge < -0.3 is 25.0 Å². The molecule has 6 atom stereocenters. The van der Waals surface area contributed by atoms with Gasteiger partial charge in [0.1, 0.15) is 35.9 Å². The fraction of sp³-hybridized carbons (Fsp3) is 0.769. The highest BCUT2D eigenvalue weighted by molar-refractivity contribution is 8.14. The lowest BCUT2D eigenvalue weighted by Gasteiger charge is -2.39. The fourth-order valence-corrected chi connectivity index (χ4v) is 4.12. The SMILES string of the molecule is C=C[C@H](O)[C@H]1O[C@@H]2SC(N3CCCC3)=N[C@@H]2[C@@H](O)[C@@H]1O. The van der Waals surface area contributed by atoms with Crippen LogP contribution in [0, 0.1) is 0 Å². The van der Waals surface area contributed by atoms with Crippen LogP contribution >= 0.6 is 11.8 Å². The first-order valence-corrected chi connectivity index (χ1v) is 7.81. The van der Waals surface area contributed by atoms with Gasteiger partial charge >= 0.3 is 0 Å². The second kappa shape index (κ2) is 5.65. The van der Waals surface area contributed by atoms with Crippen LogP contribution in [-0.2, 0) is 4.74 Å². The third-order valence-electron chi connectivity index (χ3n) is 4.04. The van der Waals surface area contributed by atoms with Gasteiger partial charge in [0.15, 0.2) is 5.17 Å². The van der Waals surface area contributed by atoms with Crippen molar-refractivity contribution in [2.45, 2.75) is 48.7 Å². The smallest absolute Gasteiger partial charge is 0.162 e. The van der Waals surface area contributed by atoms with E-state index in [2.05, 4.69) is 16.5 Å². The maximum absolute atomic E-state index is 10.2. The van der Waals surface area contributed by atoms with E-state index in [0.29, 0.717) is 0 Å². The van der Waals surface area contributed by atoms with Gasteiger partial charge in [0, 0.05) is 13.1 Å². The lowest BCUT2D eigenvalue weighted by molar-refractivity contribution is -0.176. The minimum Gasteiger partial charge on any atom is -0.388 e. The van der Waals surface area contributed by atoms with Gasteiger partial charge in [0.25, 0.3) is 0 Å². The fourth-order valence-electron chi connectivity index (χ4n) is 2.85. The predicted molar refractivity (Wildman–Crippen MR) is 76.5 cm³/mol. The maximum Gasteiger partial charge on any atom is 0.162 e. The molecule has 3 N–H and O–H groups in total. The molecule has 3 aliphatic heterocycles. The molecule has 0 amide bonds. The van der Waals surface area contributed by atoms with Gasteiger partial charge in [-0.2, -0.15) is 0 Å². The molecule has 2 saturated heterocycles. The van der Waals surface area contributed by atoms with Crippen molar-refractivity contribution >= 4 is 16.9 Å². The molecule has 20 heavy (non-hydrogen) atoms. The van der Waals surface area contributed by atoms with Gasteiger partial charge in [-0.15, -0.1) is 6.58 Å². The molecule has 7 heteroatoms. The summed E-state index contributed by atoms with van der Waals surface area (Å²) in [5, 5.41) is 30.9. The second-order valence-corrected chi connectivity index (χ2v) is 6.46. The average Bonchev–Trinajstić information content (AvgIpc) is 3.10. The minimum atomic E-state index is -1.16. The average molecular weight is 300 g/mol. The van der Waals surface area contributed by atoms with Gasteiger partial charge in [0.05, 0.1) is 0 Å². The Morgan fingerprint density at radius 1 is 1.35 bits per heavy atom. The van der Waals surface area contributed by atoms with Crippen LogP contribution < -0.4 is 0 Å². The summed E-state index contributed by atoms with van der Waals surface area (Å²) < 4.78 is 5.73. The van der Waals surface area contributed by atoms with Crippen molar-refractivity contribution in [3.05, 3.63) is 12.7 Å². The molecule has 0 bridgehead atoms. The number of aliphatic hydroxyl groups excluding tert-OH is 3. The second-order valence-electron chi connectivity index (χ2n) is 5.39. The molecule has 3 heterocycles. The van der Waals surface area contributed by atoms with E-state index in [0.717, 1.165) is 31.1 Å². The topological polar surface area (TPSA) is 85.5 Å². The first-order valence-electron chi connectivity index (χ1n) is 6.93. The molecule has 112 valence electrons. The number of hydrogen-bond acceptors (Lipinski definition) is 7. The van der Waals surface area contributed by atoms with E-state index in [4.69, 9.17) is 4.74 Å². The molecule has 0 aromatic rings. The molecule has 6 nitrogen and oxygen atoms in total. The van der Waals surface area contributed by atoms with Crippen LogP contribution in [0.25, 0.3) is 0 Å². The lowest BCUT2D eigenvalue weighted by Crippen LogP contribution is -2.57. The Hall–Kier alpha value is -0.600. The Bertz CT molecular complexity index is 413. The monoisotopic (exact) mass is 300 g/mol. The van der Waals surface area contributed by atoms with Crippen molar-refractivity contribution in [1.29, 1.82) is 0 Å². The minimum absolute atomic E-state index is 0.358. The Morgan fingerprint density at radius 2 is 2.05 bits per heavy atom. The van der Waals surface area contributed by atoms with Gasteiger partial charge in [0.2, 0.25) is 0 Å². The zero-order valence-electron chi connectivity index (χ0n) is 11.1. The number of amidine groups is 1. The molecular formula is C13H20N2O4S. The summed E-state index contributed by atoms with van der Waals surface area (Å²) in [4.78, 5) is 6.69. The van der Waals surface area contributed by atoms with Crippen LogP contribution in [0.4, 0.5) is 0 Å². The van der Waals surface area contributed by atoms with E-state index in [1.54, 1.807) is 0 Å². The highest BCUT2D eigenvalue weighted by Gasteiger charge is 2.50. The number of ether oxygens (including phenoxy) is 1. The van der Waals surface area contributed by atoms with Crippen LogP contribution in [0.5, 0.6) is 0 Å². The first-order chi connectivity index (χ1) is 9.61. The predicted octanol–water partition coefficient (Wildman–Crippen LogP) is -0.453. The van der Waals surface area contributed by atoms with E-state index >= 15 is 0 Å². The van der Waals surface area contributed by atoms with Gasteiger partial charge in [-0.25, -0.2) is 0 Å². The Morgan fingerprint density at radius 3 is 2.70 bits per heavy atom. The van der Waals surface area contributed by atoms with Gasteiger partial charge in [-0.1, -0.05) is 17.8 Å². The third-order valence-corrected chi connectivity index (χ3v) is 5.24. The van der Waals surface area contributed by atoms with Gasteiger partial charge in [-0.3, -0.25) is 4.99 Å². The number of fused-ring (bicyclic) bond motifs is 1. The molecule has 3 aliphatic rings. The van der Waals surface area contributed by atoms with Crippen molar-refractivity contribution in [3.8, 4) is 0 Å². The van der Waals surface area contributed by atoms with Crippen molar-refractivity contribution in [2.75, 3.05) is 13.1 Å². The maximum atomic E-state index is 10.2. The van der Waals surface area contributed by atoms with Crippen molar-refractivity contribution in [3.63, 3.8) is 0 Å². The molecule has 0 saturated carbocycles. The number of thioether (sulfide) groups is 1. The molecule has 0 aromatic carbocycles. The van der Waals surface area contributed by atoms with E-state index in [-0.39, 0.29) is 5.44 Å². The van der Waals surface area contributed by atoms with Crippen molar-refractivity contribution in [1.82, 2.24) is 4.90 Å². The number of likely N-dealkylation sites (tertiary alicyclic amines) is 1. The summed E-state index contributed by atoms with van der Waals surface area (Å²) in [5.74, 6) is 0. The highest BCUT2D eigenvalue weighted by atomic mass is 32.2. The van der Waals surface area contributed by atoms with Crippen molar-refractivity contribution in [2.24, 2.45) is 4.99 Å². The Labute approximate surface area is 122 Å². The molecule has 0 unspecified atom stereocenters. The molecule has 0 radical (unpaired) electrons. The van der Waals surface area contributed by atoms with Crippen LogP contribution in [-0.4, -0.2) is 74.4 Å². The molecule has 2 fully saturated rings. The Kier molecular flexibility index (Phi) is 4.05. The summed E-state index contributed by atoms with van der Waals surface area (Å²) in [7, 11) is 0. The number of nitrogens with zero attached hydrogens (tertiary/aromatic N) is 2. The van der Waals surface area contributed by atoms with Crippen LogP contribution in [0.1, 0.15) is 12.8 Å². The van der Waals surface area contributed by atoms with Crippen molar-refractivity contribution < 1.29 is 20.1 Å². The number of rotatable bonds is 2. The van der Waals surface area contributed by atoms with E-state index in [9.17, 15) is 15.3 Å². The number of aliphatic hydroxyl groups is 3. The van der Waals surface area contributed by atoms with Crippen LogP contribution in [0.3, 0.4) is 0 Å². The first kappa shape index (κ1) is 14.3. The summed E-state index contributed by atoms with van der Waals surface area (Å²) >= 11 is 1.47. The standard InChI is InChI=1S/C13H20N2O4S/c1-2-7(16)11-10(18)9(17)8-12(19-11)20-13(14-8)15-5-3-4-6-15/h2,7-12,16-18H,1,3-6H2/t7-,8+,9+,10-,11+,12+/m0/s1. The molecule has 0 aliphatic carbocycles. The molecule has 0 spiro atoms.